The molecule has 19 heavy (non-hydrogen) atoms. The van der Waals surface area contributed by atoms with E-state index in [9.17, 15) is 4.79 Å². The Kier molecular flexibility index (Phi) is 4.93. The van der Waals surface area contributed by atoms with E-state index in [4.69, 9.17) is 9.84 Å². The Morgan fingerprint density at radius 2 is 2.32 bits per heavy atom. The van der Waals surface area contributed by atoms with Crippen LogP contribution < -0.4 is 5.32 Å². The van der Waals surface area contributed by atoms with Crippen LogP contribution in [0.5, 0.6) is 0 Å². The number of nitrogens with zero attached hydrogens (tertiary/aromatic N) is 2. The van der Waals surface area contributed by atoms with Gasteiger partial charge in [0, 0.05) is 32.1 Å². The van der Waals surface area contributed by atoms with Gasteiger partial charge >= 0.3 is 0 Å². The molecular weight excluding hydrogens is 246 g/mol. The number of nitrogens with one attached hydrogen (secondary N) is 1. The molecule has 2 N–H and O–H groups in total. The molecule has 0 saturated carbocycles. The van der Waals surface area contributed by atoms with Gasteiger partial charge in [0.1, 0.15) is 0 Å². The third-order valence-corrected chi connectivity index (χ3v) is 3.45. The summed E-state index contributed by atoms with van der Waals surface area (Å²) in [5, 5.41) is 15.8. The summed E-state index contributed by atoms with van der Waals surface area (Å²) in [6.45, 7) is 3.99. The van der Waals surface area contributed by atoms with Gasteiger partial charge in [0.25, 0.3) is 5.91 Å². The lowest BCUT2D eigenvalue weighted by molar-refractivity contribution is 0.0656. The second-order valence-electron chi connectivity index (χ2n) is 4.76. The molecule has 0 unspecified atom stereocenters. The van der Waals surface area contributed by atoms with Crippen molar-refractivity contribution in [2.45, 2.75) is 32.2 Å². The lowest BCUT2D eigenvalue weighted by Crippen LogP contribution is -2.26. The summed E-state index contributed by atoms with van der Waals surface area (Å²) in [6.07, 6.45) is 4.07. The lowest BCUT2D eigenvalue weighted by Gasteiger charge is -2.23. The van der Waals surface area contributed by atoms with Crippen LogP contribution in [0.4, 0.5) is 0 Å². The van der Waals surface area contributed by atoms with Crippen LogP contribution in [0, 0.1) is 6.92 Å². The van der Waals surface area contributed by atoms with Crippen molar-refractivity contribution >= 4 is 5.91 Å². The molecule has 2 heterocycles. The number of amides is 1. The Labute approximate surface area is 112 Å². The van der Waals surface area contributed by atoms with Gasteiger partial charge in [-0.25, -0.2) is 0 Å². The molecule has 1 aromatic rings. The van der Waals surface area contributed by atoms with Gasteiger partial charge in [0.2, 0.25) is 0 Å². The quantitative estimate of drug-likeness (QED) is 0.768. The molecule has 0 bridgehead atoms. The lowest BCUT2D eigenvalue weighted by atomic mass is 10.1. The molecule has 1 aliphatic rings. The Hall–Kier alpha value is -1.40. The maximum absolute atomic E-state index is 12.0. The summed E-state index contributed by atoms with van der Waals surface area (Å²) in [7, 11) is 0. The van der Waals surface area contributed by atoms with Crippen molar-refractivity contribution in [2.24, 2.45) is 0 Å². The topological polar surface area (TPSA) is 76.4 Å². The predicted octanol–water partition coefficient (Wildman–Crippen LogP) is 0.655. The second kappa shape index (κ2) is 6.68. The second-order valence-corrected chi connectivity index (χ2v) is 4.76. The normalized spacial score (nSPS) is 16.5. The van der Waals surface area contributed by atoms with E-state index in [1.165, 1.54) is 0 Å². The first-order valence-electron chi connectivity index (χ1n) is 6.75. The Balaban J connectivity index is 2.02. The molecule has 1 aliphatic heterocycles. The first kappa shape index (κ1) is 14.0. The summed E-state index contributed by atoms with van der Waals surface area (Å²) < 4.78 is 7.27. The third-order valence-electron chi connectivity index (χ3n) is 3.45. The van der Waals surface area contributed by atoms with E-state index in [0.29, 0.717) is 24.6 Å². The van der Waals surface area contributed by atoms with Gasteiger partial charge in [-0.1, -0.05) is 0 Å². The van der Waals surface area contributed by atoms with E-state index in [-0.39, 0.29) is 12.5 Å². The molecule has 1 aromatic heterocycles. The van der Waals surface area contributed by atoms with E-state index in [1.54, 1.807) is 6.20 Å². The Morgan fingerprint density at radius 1 is 1.58 bits per heavy atom. The summed E-state index contributed by atoms with van der Waals surface area (Å²) in [4.78, 5) is 12.0. The number of ether oxygens (including phenoxy) is 1. The molecule has 1 amide bonds. The van der Waals surface area contributed by atoms with Crippen molar-refractivity contribution in [1.82, 2.24) is 15.1 Å². The van der Waals surface area contributed by atoms with Gasteiger partial charge in [-0.15, -0.1) is 0 Å². The molecule has 1 fully saturated rings. The molecule has 106 valence electrons. The zero-order valence-corrected chi connectivity index (χ0v) is 11.3. The first-order valence-corrected chi connectivity index (χ1v) is 6.75. The van der Waals surface area contributed by atoms with Crippen molar-refractivity contribution in [2.75, 3.05) is 26.4 Å². The fourth-order valence-electron chi connectivity index (χ4n) is 2.32. The molecular formula is C13H21N3O3. The minimum Gasteiger partial charge on any atom is -0.396 e. The largest absolute Gasteiger partial charge is 0.396 e. The Bertz CT molecular complexity index is 425. The fourth-order valence-corrected chi connectivity index (χ4v) is 2.32. The maximum Gasteiger partial charge on any atom is 0.254 e. The van der Waals surface area contributed by atoms with E-state index in [2.05, 4.69) is 10.4 Å². The monoisotopic (exact) mass is 267 g/mol. The summed E-state index contributed by atoms with van der Waals surface area (Å²) >= 11 is 0. The highest BCUT2D eigenvalue weighted by atomic mass is 16.5. The maximum atomic E-state index is 12.0. The molecule has 6 heteroatoms. The molecule has 2 rings (SSSR count). The zero-order chi connectivity index (χ0) is 13.7. The zero-order valence-electron chi connectivity index (χ0n) is 11.3. The van der Waals surface area contributed by atoms with Crippen LogP contribution in [0.25, 0.3) is 0 Å². The summed E-state index contributed by atoms with van der Waals surface area (Å²) in [6, 6.07) is 0.327. The average Bonchev–Trinajstić information content (AvgIpc) is 2.82. The van der Waals surface area contributed by atoms with Gasteiger partial charge in [0.15, 0.2) is 0 Å². The summed E-state index contributed by atoms with van der Waals surface area (Å²) in [5.41, 5.74) is 1.51. The number of hydrogen-bond donors (Lipinski definition) is 2. The number of carbonyl (C=O) groups is 1. The molecule has 0 atom stereocenters. The van der Waals surface area contributed by atoms with Crippen molar-refractivity contribution in [3.8, 4) is 0 Å². The molecule has 0 radical (unpaired) electrons. The molecule has 1 saturated heterocycles. The number of aliphatic hydroxyl groups excluding tert-OH is 1. The van der Waals surface area contributed by atoms with E-state index < -0.39 is 0 Å². The number of carbonyl (C=O) groups excluding carboxylic acids is 1. The van der Waals surface area contributed by atoms with Crippen LogP contribution in [0.15, 0.2) is 6.20 Å². The highest BCUT2D eigenvalue weighted by Gasteiger charge is 2.21. The number of aliphatic hydroxyl groups is 1. The molecule has 6 nitrogen and oxygen atoms in total. The Morgan fingerprint density at radius 3 is 3.00 bits per heavy atom. The van der Waals surface area contributed by atoms with Crippen LogP contribution in [-0.4, -0.2) is 47.2 Å². The molecule has 0 aliphatic carbocycles. The number of hydrogen-bond acceptors (Lipinski definition) is 4. The first-order chi connectivity index (χ1) is 9.24. The smallest absolute Gasteiger partial charge is 0.254 e. The highest BCUT2D eigenvalue weighted by molar-refractivity contribution is 5.95. The van der Waals surface area contributed by atoms with Crippen molar-refractivity contribution < 1.29 is 14.6 Å². The van der Waals surface area contributed by atoms with E-state index in [1.807, 2.05) is 11.6 Å². The van der Waals surface area contributed by atoms with Crippen LogP contribution in [0.3, 0.4) is 0 Å². The van der Waals surface area contributed by atoms with Crippen LogP contribution in [-0.2, 0) is 4.74 Å². The van der Waals surface area contributed by atoms with Gasteiger partial charge in [-0.2, -0.15) is 5.10 Å². The van der Waals surface area contributed by atoms with Crippen molar-refractivity contribution in [3.05, 3.63) is 17.5 Å². The highest BCUT2D eigenvalue weighted by Crippen LogP contribution is 2.22. The van der Waals surface area contributed by atoms with Gasteiger partial charge in [-0.3, -0.25) is 9.48 Å². The van der Waals surface area contributed by atoms with Gasteiger partial charge in [0.05, 0.1) is 17.8 Å². The van der Waals surface area contributed by atoms with Crippen molar-refractivity contribution in [3.63, 3.8) is 0 Å². The number of aromatic nitrogens is 2. The standard InChI is InChI=1S/C13H21N3O3/c1-10-12(13(18)14-5-2-6-17)9-15-16(10)11-3-7-19-8-4-11/h9,11,17H,2-8H2,1H3,(H,14,18). The van der Waals surface area contributed by atoms with E-state index in [0.717, 1.165) is 31.7 Å². The third kappa shape index (κ3) is 3.33. The minimum atomic E-state index is -0.121. The summed E-state index contributed by atoms with van der Waals surface area (Å²) in [5.74, 6) is -0.121. The van der Waals surface area contributed by atoms with Crippen LogP contribution in [0.1, 0.15) is 41.4 Å². The molecule has 0 aromatic carbocycles. The fraction of sp³-hybridized carbons (Fsp3) is 0.692. The van der Waals surface area contributed by atoms with E-state index >= 15 is 0 Å². The van der Waals surface area contributed by atoms with Crippen LogP contribution in [0.2, 0.25) is 0 Å². The number of rotatable bonds is 5. The minimum absolute atomic E-state index is 0.0839. The van der Waals surface area contributed by atoms with Gasteiger partial charge < -0.3 is 15.2 Å². The average molecular weight is 267 g/mol. The SMILES string of the molecule is Cc1c(C(=O)NCCCO)cnn1C1CCOCC1. The molecule has 0 spiro atoms. The predicted molar refractivity (Wildman–Crippen MR) is 70.1 cm³/mol. The van der Waals surface area contributed by atoms with Gasteiger partial charge in [-0.05, 0) is 26.2 Å². The van der Waals surface area contributed by atoms with Crippen molar-refractivity contribution in [1.29, 1.82) is 0 Å². The van der Waals surface area contributed by atoms with Crippen LogP contribution >= 0.6 is 0 Å².